The van der Waals surface area contributed by atoms with Crippen molar-refractivity contribution < 1.29 is 14.3 Å². The van der Waals surface area contributed by atoms with Crippen molar-refractivity contribution in [2.24, 2.45) is 0 Å². The second-order valence-electron chi connectivity index (χ2n) is 4.76. The van der Waals surface area contributed by atoms with E-state index in [2.05, 4.69) is 10.9 Å². The van der Waals surface area contributed by atoms with Gasteiger partial charge in [-0.1, -0.05) is 25.0 Å². The number of rotatable bonds is 4. The molecule has 98 valence electrons. The topological polar surface area (TPSA) is 61.4 Å². The SMILES string of the molecule is O=C(CC1(O)CCCC1)NNc1ccccc1F. The summed E-state index contributed by atoms with van der Waals surface area (Å²) >= 11 is 0. The normalized spacial score (nSPS) is 17.4. The van der Waals surface area contributed by atoms with Crippen LogP contribution < -0.4 is 10.9 Å². The number of hydrogen-bond donors (Lipinski definition) is 3. The van der Waals surface area contributed by atoms with Gasteiger partial charge in [0, 0.05) is 0 Å². The summed E-state index contributed by atoms with van der Waals surface area (Å²) in [5.41, 5.74) is 4.25. The number of nitrogens with one attached hydrogen (secondary N) is 2. The Hall–Kier alpha value is -1.62. The number of hydrogen-bond acceptors (Lipinski definition) is 3. The zero-order valence-electron chi connectivity index (χ0n) is 10.1. The van der Waals surface area contributed by atoms with E-state index in [9.17, 15) is 14.3 Å². The number of benzene rings is 1. The Morgan fingerprint density at radius 2 is 2.00 bits per heavy atom. The molecule has 0 radical (unpaired) electrons. The maximum atomic E-state index is 13.3. The molecule has 0 atom stereocenters. The zero-order valence-corrected chi connectivity index (χ0v) is 10.1. The molecule has 0 bridgehead atoms. The van der Waals surface area contributed by atoms with Crippen molar-refractivity contribution in [1.82, 2.24) is 5.43 Å². The lowest BCUT2D eigenvalue weighted by molar-refractivity contribution is -0.125. The number of carbonyl (C=O) groups is 1. The molecular formula is C13H17FN2O2. The number of carbonyl (C=O) groups excluding carboxylic acids is 1. The van der Waals surface area contributed by atoms with Crippen LogP contribution in [0.25, 0.3) is 0 Å². The van der Waals surface area contributed by atoms with E-state index in [0.29, 0.717) is 12.8 Å². The van der Waals surface area contributed by atoms with Gasteiger partial charge in [-0.2, -0.15) is 0 Å². The van der Waals surface area contributed by atoms with E-state index in [1.54, 1.807) is 12.1 Å². The molecule has 1 aliphatic carbocycles. The molecule has 0 unspecified atom stereocenters. The summed E-state index contributed by atoms with van der Waals surface area (Å²) in [6.45, 7) is 0. The highest BCUT2D eigenvalue weighted by molar-refractivity contribution is 5.78. The van der Waals surface area contributed by atoms with Gasteiger partial charge in [-0.05, 0) is 25.0 Å². The highest BCUT2D eigenvalue weighted by Crippen LogP contribution is 2.32. The van der Waals surface area contributed by atoms with E-state index in [1.807, 2.05) is 0 Å². The maximum Gasteiger partial charge on any atom is 0.241 e. The van der Waals surface area contributed by atoms with Crippen LogP contribution in [-0.2, 0) is 4.79 Å². The van der Waals surface area contributed by atoms with Crippen LogP contribution in [0.5, 0.6) is 0 Å². The summed E-state index contributed by atoms with van der Waals surface area (Å²) in [5, 5.41) is 10.1. The van der Waals surface area contributed by atoms with Crippen molar-refractivity contribution in [2.75, 3.05) is 5.43 Å². The summed E-state index contributed by atoms with van der Waals surface area (Å²) < 4.78 is 13.3. The third-order valence-electron chi connectivity index (χ3n) is 3.23. The van der Waals surface area contributed by atoms with E-state index >= 15 is 0 Å². The predicted octanol–water partition coefficient (Wildman–Crippen LogP) is 1.96. The molecule has 1 saturated carbocycles. The van der Waals surface area contributed by atoms with Gasteiger partial charge in [0.2, 0.25) is 5.91 Å². The second-order valence-corrected chi connectivity index (χ2v) is 4.76. The van der Waals surface area contributed by atoms with Crippen LogP contribution in [0.4, 0.5) is 10.1 Å². The monoisotopic (exact) mass is 252 g/mol. The lowest BCUT2D eigenvalue weighted by atomic mass is 9.98. The molecule has 1 aliphatic rings. The molecule has 2 rings (SSSR count). The Labute approximate surface area is 105 Å². The third kappa shape index (κ3) is 3.20. The molecule has 0 aliphatic heterocycles. The van der Waals surface area contributed by atoms with Crippen LogP contribution in [-0.4, -0.2) is 16.6 Å². The largest absolute Gasteiger partial charge is 0.389 e. The minimum Gasteiger partial charge on any atom is -0.389 e. The van der Waals surface area contributed by atoms with Crippen molar-refractivity contribution in [3.05, 3.63) is 30.1 Å². The molecule has 1 amide bonds. The van der Waals surface area contributed by atoms with Gasteiger partial charge in [0.05, 0.1) is 17.7 Å². The van der Waals surface area contributed by atoms with Gasteiger partial charge in [-0.15, -0.1) is 0 Å². The number of para-hydroxylation sites is 1. The fourth-order valence-electron chi connectivity index (χ4n) is 2.25. The maximum absolute atomic E-state index is 13.3. The van der Waals surface area contributed by atoms with Gasteiger partial charge in [0.25, 0.3) is 0 Å². The molecule has 18 heavy (non-hydrogen) atoms. The number of amides is 1. The first kappa shape index (κ1) is 12.8. The summed E-state index contributed by atoms with van der Waals surface area (Å²) in [4.78, 5) is 11.6. The smallest absolute Gasteiger partial charge is 0.241 e. The molecule has 5 heteroatoms. The van der Waals surface area contributed by atoms with Crippen LogP contribution in [0.2, 0.25) is 0 Å². The number of hydrazine groups is 1. The summed E-state index contributed by atoms with van der Waals surface area (Å²) in [7, 11) is 0. The Balaban J connectivity index is 1.83. The minimum absolute atomic E-state index is 0.0501. The summed E-state index contributed by atoms with van der Waals surface area (Å²) in [6, 6.07) is 6.07. The fourth-order valence-corrected chi connectivity index (χ4v) is 2.25. The molecule has 0 saturated heterocycles. The highest BCUT2D eigenvalue weighted by Gasteiger charge is 2.33. The number of halogens is 1. The quantitative estimate of drug-likeness (QED) is 0.718. The summed E-state index contributed by atoms with van der Waals surface area (Å²) in [6.07, 6.45) is 3.25. The molecule has 0 aromatic heterocycles. The Morgan fingerprint density at radius 1 is 1.33 bits per heavy atom. The first-order chi connectivity index (χ1) is 8.59. The van der Waals surface area contributed by atoms with Crippen molar-refractivity contribution in [3.8, 4) is 0 Å². The van der Waals surface area contributed by atoms with Gasteiger partial charge < -0.3 is 5.11 Å². The Kier molecular flexibility index (Phi) is 3.81. The van der Waals surface area contributed by atoms with Crippen molar-refractivity contribution in [3.63, 3.8) is 0 Å². The van der Waals surface area contributed by atoms with Gasteiger partial charge in [-0.3, -0.25) is 15.6 Å². The second kappa shape index (κ2) is 5.35. The first-order valence-corrected chi connectivity index (χ1v) is 6.11. The van der Waals surface area contributed by atoms with Gasteiger partial charge in [0.1, 0.15) is 5.82 Å². The third-order valence-corrected chi connectivity index (χ3v) is 3.23. The van der Waals surface area contributed by atoms with E-state index in [-0.39, 0.29) is 18.0 Å². The molecular weight excluding hydrogens is 235 g/mol. The molecule has 0 heterocycles. The van der Waals surface area contributed by atoms with Crippen LogP contribution in [0, 0.1) is 5.82 Å². The van der Waals surface area contributed by atoms with E-state index < -0.39 is 11.4 Å². The van der Waals surface area contributed by atoms with Gasteiger partial charge >= 0.3 is 0 Å². The average Bonchev–Trinajstić information content (AvgIpc) is 2.74. The van der Waals surface area contributed by atoms with Gasteiger partial charge in [0.15, 0.2) is 0 Å². The molecule has 0 spiro atoms. The molecule has 1 aromatic carbocycles. The van der Waals surface area contributed by atoms with Crippen LogP contribution in [0.15, 0.2) is 24.3 Å². The fraction of sp³-hybridized carbons (Fsp3) is 0.462. The van der Waals surface area contributed by atoms with E-state index in [0.717, 1.165) is 12.8 Å². The highest BCUT2D eigenvalue weighted by atomic mass is 19.1. The van der Waals surface area contributed by atoms with Crippen molar-refractivity contribution >= 4 is 11.6 Å². The average molecular weight is 252 g/mol. The lowest BCUT2D eigenvalue weighted by Gasteiger charge is -2.21. The van der Waals surface area contributed by atoms with Crippen molar-refractivity contribution in [1.29, 1.82) is 0 Å². The van der Waals surface area contributed by atoms with E-state index in [1.165, 1.54) is 12.1 Å². The van der Waals surface area contributed by atoms with Crippen LogP contribution in [0.1, 0.15) is 32.1 Å². The predicted molar refractivity (Wildman–Crippen MR) is 66.2 cm³/mol. The minimum atomic E-state index is -0.888. The van der Waals surface area contributed by atoms with Crippen molar-refractivity contribution in [2.45, 2.75) is 37.7 Å². The zero-order chi connectivity index (χ0) is 13.0. The summed E-state index contributed by atoms with van der Waals surface area (Å²) in [5.74, 6) is -0.764. The van der Waals surface area contributed by atoms with E-state index in [4.69, 9.17) is 0 Å². The van der Waals surface area contributed by atoms with Gasteiger partial charge in [-0.25, -0.2) is 4.39 Å². The first-order valence-electron chi connectivity index (χ1n) is 6.11. The van der Waals surface area contributed by atoms with Crippen LogP contribution >= 0.6 is 0 Å². The van der Waals surface area contributed by atoms with Crippen LogP contribution in [0.3, 0.4) is 0 Å². The standard InChI is InChI=1S/C13H17FN2O2/c14-10-5-1-2-6-11(10)15-16-12(17)9-13(18)7-3-4-8-13/h1-2,5-6,15,18H,3-4,7-9H2,(H,16,17). The lowest BCUT2D eigenvalue weighted by Crippen LogP contribution is -2.37. The molecule has 4 nitrogen and oxygen atoms in total. The molecule has 1 fully saturated rings. The number of aliphatic hydroxyl groups is 1. The molecule has 3 N–H and O–H groups in total. The number of anilines is 1. The Bertz CT molecular complexity index is 431. The molecule has 1 aromatic rings. The Morgan fingerprint density at radius 3 is 2.67 bits per heavy atom.